The molecule has 0 aliphatic carbocycles. The van der Waals surface area contributed by atoms with Gasteiger partial charge in [-0.2, -0.15) is 0 Å². The van der Waals surface area contributed by atoms with Crippen LogP contribution in [0.2, 0.25) is 0 Å². The lowest BCUT2D eigenvalue weighted by molar-refractivity contribution is -0.141. The van der Waals surface area contributed by atoms with Gasteiger partial charge >= 0.3 is 0 Å². The maximum Gasteiger partial charge on any atom is 0.254 e. The molecule has 4 amide bonds. The molecule has 0 radical (unpaired) electrons. The highest BCUT2D eigenvalue weighted by molar-refractivity contribution is 6.14. The molecule has 1 heterocycles. The van der Waals surface area contributed by atoms with Crippen molar-refractivity contribution in [2.45, 2.75) is 33.2 Å². The molecule has 116 valence electrons. The molecule has 0 aromatic carbocycles. The Morgan fingerprint density at radius 1 is 1.10 bits per heavy atom. The second-order valence-corrected chi connectivity index (χ2v) is 5.30. The van der Waals surface area contributed by atoms with Crippen LogP contribution in [0, 0.1) is 5.92 Å². The number of imide groups is 1. The Bertz CT molecular complexity index is 453. The van der Waals surface area contributed by atoms with Crippen molar-refractivity contribution in [3.05, 3.63) is 12.2 Å². The van der Waals surface area contributed by atoms with E-state index in [1.807, 2.05) is 20.8 Å². The van der Waals surface area contributed by atoms with Crippen molar-refractivity contribution in [1.82, 2.24) is 15.5 Å². The molecule has 0 bridgehead atoms. The maximum absolute atomic E-state index is 11.6. The molecule has 0 spiro atoms. The van der Waals surface area contributed by atoms with E-state index in [0.717, 1.165) is 17.1 Å². The standard InChI is InChI=1S/C14H21N3O4/c1-9(2)10(3)16-11(18)6-7-15-12(19)8-17-13(20)4-5-14(17)21/h4-5,9-10H,6-8H2,1-3H3,(H,15,19)(H,16,18). The summed E-state index contributed by atoms with van der Waals surface area (Å²) in [7, 11) is 0. The minimum atomic E-state index is -0.501. The number of nitrogens with zero attached hydrogens (tertiary/aromatic N) is 1. The van der Waals surface area contributed by atoms with E-state index < -0.39 is 17.7 Å². The fourth-order valence-electron chi connectivity index (χ4n) is 1.59. The van der Waals surface area contributed by atoms with Gasteiger partial charge in [-0.15, -0.1) is 0 Å². The largest absolute Gasteiger partial charge is 0.354 e. The molecule has 1 rings (SSSR count). The summed E-state index contributed by atoms with van der Waals surface area (Å²) in [5, 5.41) is 5.33. The molecule has 0 aromatic heterocycles. The number of nitrogens with one attached hydrogen (secondary N) is 2. The topological polar surface area (TPSA) is 95.6 Å². The van der Waals surface area contributed by atoms with Crippen LogP contribution in [0.5, 0.6) is 0 Å². The molecule has 2 N–H and O–H groups in total. The lowest BCUT2D eigenvalue weighted by Gasteiger charge is -2.17. The number of hydrogen-bond acceptors (Lipinski definition) is 4. The molecule has 21 heavy (non-hydrogen) atoms. The monoisotopic (exact) mass is 295 g/mol. The van der Waals surface area contributed by atoms with Crippen molar-refractivity contribution in [2.75, 3.05) is 13.1 Å². The number of rotatable bonds is 7. The SMILES string of the molecule is CC(C)C(C)NC(=O)CCNC(=O)CN1C(=O)C=CC1=O. The molecular weight excluding hydrogens is 274 g/mol. The van der Waals surface area contributed by atoms with Crippen LogP contribution in [0.4, 0.5) is 0 Å². The number of amides is 4. The van der Waals surface area contributed by atoms with Crippen molar-refractivity contribution in [3.63, 3.8) is 0 Å². The Kier molecular flexibility index (Phi) is 6.08. The summed E-state index contributed by atoms with van der Waals surface area (Å²) in [5.74, 6) is -1.28. The summed E-state index contributed by atoms with van der Waals surface area (Å²) in [5.41, 5.74) is 0. The van der Waals surface area contributed by atoms with Crippen LogP contribution >= 0.6 is 0 Å². The smallest absolute Gasteiger partial charge is 0.254 e. The number of carbonyl (C=O) groups excluding carboxylic acids is 4. The quantitative estimate of drug-likeness (QED) is 0.623. The first-order valence-electron chi connectivity index (χ1n) is 6.91. The van der Waals surface area contributed by atoms with Crippen LogP contribution in [-0.4, -0.2) is 47.7 Å². The Morgan fingerprint density at radius 2 is 1.67 bits per heavy atom. The summed E-state index contributed by atoms with van der Waals surface area (Å²) in [6, 6.07) is 0.0686. The van der Waals surface area contributed by atoms with Gasteiger partial charge in [0.05, 0.1) is 0 Å². The van der Waals surface area contributed by atoms with E-state index in [2.05, 4.69) is 10.6 Å². The van der Waals surface area contributed by atoms with Crippen LogP contribution in [0.25, 0.3) is 0 Å². The third-order valence-corrected chi connectivity index (χ3v) is 3.27. The highest BCUT2D eigenvalue weighted by Gasteiger charge is 2.25. The fraction of sp³-hybridized carbons (Fsp3) is 0.571. The van der Waals surface area contributed by atoms with Gasteiger partial charge in [0, 0.05) is 31.2 Å². The van der Waals surface area contributed by atoms with Crippen LogP contribution in [0.15, 0.2) is 12.2 Å². The second-order valence-electron chi connectivity index (χ2n) is 5.30. The minimum Gasteiger partial charge on any atom is -0.354 e. The number of carbonyl (C=O) groups is 4. The Balaban J connectivity index is 2.23. The zero-order valence-corrected chi connectivity index (χ0v) is 12.5. The van der Waals surface area contributed by atoms with Gasteiger partial charge < -0.3 is 10.6 Å². The van der Waals surface area contributed by atoms with E-state index in [-0.39, 0.29) is 31.5 Å². The van der Waals surface area contributed by atoms with Crippen molar-refractivity contribution in [3.8, 4) is 0 Å². The van der Waals surface area contributed by atoms with Crippen molar-refractivity contribution >= 4 is 23.6 Å². The first kappa shape index (κ1) is 16.9. The van der Waals surface area contributed by atoms with Crippen LogP contribution in [0.1, 0.15) is 27.2 Å². The Labute approximate surface area is 123 Å². The molecule has 0 fully saturated rings. The molecule has 0 aromatic rings. The van der Waals surface area contributed by atoms with Crippen LogP contribution in [-0.2, 0) is 19.2 Å². The molecule has 1 atom stereocenters. The summed E-state index contributed by atoms with van der Waals surface area (Å²) < 4.78 is 0. The molecule has 1 unspecified atom stereocenters. The summed E-state index contributed by atoms with van der Waals surface area (Å²) in [6.45, 7) is 5.77. The zero-order valence-electron chi connectivity index (χ0n) is 12.5. The third kappa shape index (κ3) is 5.37. The maximum atomic E-state index is 11.6. The fourth-order valence-corrected chi connectivity index (χ4v) is 1.59. The lowest BCUT2D eigenvalue weighted by atomic mass is 10.1. The number of hydrogen-bond donors (Lipinski definition) is 2. The van der Waals surface area contributed by atoms with E-state index >= 15 is 0 Å². The highest BCUT2D eigenvalue weighted by atomic mass is 16.2. The minimum absolute atomic E-state index is 0.0686. The highest BCUT2D eigenvalue weighted by Crippen LogP contribution is 2.02. The summed E-state index contributed by atoms with van der Waals surface area (Å²) >= 11 is 0. The van der Waals surface area contributed by atoms with E-state index in [9.17, 15) is 19.2 Å². The van der Waals surface area contributed by atoms with Crippen molar-refractivity contribution in [1.29, 1.82) is 0 Å². The third-order valence-electron chi connectivity index (χ3n) is 3.27. The predicted octanol–water partition coefficient (Wildman–Crippen LogP) is -0.422. The van der Waals surface area contributed by atoms with E-state index in [4.69, 9.17) is 0 Å². The van der Waals surface area contributed by atoms with Gasteiger partial charge in [0.2, 0.25) is 11.8 Å². The van der Waals surface area contributed by atoms with Gasteiger partial charge in [-0.25, -0.2) is 0 Å². The normalized spacial score (nSPS) is 15.5. The molecule has 7 heteroatoms. The summed E-state index contributed by atoms with van der Waals surface area (Å²) in [6.07, 6.45) is 2.40. The average molecular weight is 295 g/mol. The van der Waals surface area contributed by atoms with Crippen LogP contribution < -0.4 is 10.6 Å². The molecule has 0 saturated heterocycles. The molecule has 1 aliphatic rings. The second kappa shape index (κ2) is 7.56. The molecule has 7 nitrogen and oxygen atoms in total. The first-order valence-corrected chi connectivity index (χ1v) is 6.91. The Morgan fingerprint density at radius 3 is 2.19 bits per heavy atom. The van der Waals surface area contributed by atoms with Gasteiger partial charge in [-0.05, 0) is 12.8 Å². The van der Waals surface area contributed by atoms with Crippen molar-refractivity contribution < 1.29 is 19.2 Å². The van der Waals surface area contributed by atoms with Gasteiger partial charge in [-0.3, -0.25) is 24.1 Å². The van der Waals surface area contributed by atoms with Crippen molar-refractivity contribution in [2.24, 2.45) is 5.92 Å². The van der Waals surface area contributed by atoms with E-state index in [1.165, 1.54) is 0 Å². The zero-order chi connectivity index (χ0) is 16.0. The van der Waals surface area contributed by atoms with E-state index in [0.29, 0.717) is 5.92 Å². The van der Waals surface area contributed by atoms with Gasteiger partial charge in [0.25, 0.3) is 11.8 Å². The predicted molar refractivity (Wildman–Crippen MR) is 75.9 cm³/mol. The van der Waals surface area contributed by atoms with Crippen LogP contribution in [0.3, 0.4) is 0 Å². The molecular formula is C14H21N3O4. The lowest BCUT2D eigenvalue weighted by Crippen LogP contribution is -2.42. The van der Waals surface area contributed by atoms with Gasteiger partial charge in [0.1, 0.15) is 6.54 Å². The first-order chi connectivity index (χ1) is 9.81. The van der Waals surface area contributed by atoms with Gasteiger partial charge in [0.15, 0.2) is 0 Å². The summed E-state index contributed by atoms with van der Waals surface area (Å²) in [4.78, 5) is 46.5. The Hall–Kier alpha value is -2.18. The molecule has 1 aliphatic heterocycles. The van der Waals surface area contributed by atoms with E-state index in [1.54, 1.807) is 0 Å². The molecule has 0 saturated carbocycles. The van der Waals surface area contributed by atoms with Gasteiger partial charge in [-0.1, -0.05) is 13.8 Å². The average Bonchev–Trinajstić information content (AvgIpc) is 2.70.